The third kappa shape index (κ3) is 1.83. The van der Waals surface area contributed by atoms with Crippen molar-refractivity contribution in [3.8, 4) is 5.75 Å². The fraction of sp³-hybridized carbons (Fsp3) is 0.625. The maximum absolute atomic E-state index is 6.66. The first-order chi connectivity index (χ1) is 8.74. The van der Waals surface area contributed by atoms with E-state index in [-0.39, 0.29) is 5.54 Å². The molecule has 1 aromatic rings. The second-order valence-corrected chi connectivity index (χ2v) is 5.84. The average Bonchev–Trinajstić information content (AvgIpc) is 2.85. The quantitative estimate of drug-likeness (QED) is 0.867. The number of benzene rings is 1. The molecular formula is C16H23NO. The van der Waals surface area contributed by atoms with Gasteiger partial charge in [0.2, 0.25) is 0 Å². The summed E-state index contributed by atoms with van der Waals surface area (Å²) >= 11 is 0. The fourth-order valence-corrected chi connectivity index (χ4v) is 3.77. The van der Waals surface area contributed by atoms with E-state index in [1.807, 2.05) is 0 Å². The first-order valence-corrected chi connectivity index (χ1v) is 7.23. The maximum Gasteiger partial charge on any atom is 0.122 e. The summed E-state index contributed by atoms with van der Waals surface area (Å²) in [4.78, 5) is 0. The number of methoxy groups -OCH3 is 1. The normalized spacial score (nSPS) is 21.7. The Hall–Kier alpha value is -1.02. The summed E-state index contributed by atoms with van der Waals surface area (Å²) in [6.07, 6.45) is 9.75. The van der Waals surface area contributed by atoms with E-state index >= 15 is 0 Å². The van der Waals surface area contributed by atoms with Crippen LogP contribution in [0.1, 0.15) is 55.2 Å². The molecule has 1 aromatic carbocycles. The van der Waals surface area contributed by atoms with Crippen LogP contribution in [-0.4, -0.2) is 7.11 Å². The molecule has 0 amide bonds. The van der Waals surface area contributed by atoms with E-state index < -0.39 is 0 Å². The van der Waals surface area contributed by atoms with Crippen molar-refractivity contribution in [1.29, 1.82) is 0 Å². The molecule has 0 aromatic heterocycles. The van der Waals surface area contributed by atoms with Crippen LogP contribution in [0.4, 0.5) is 0 Å². The predicted molar refractivity (Wildman–Crippen MR) is 74.0 cm³/mol. The molecule has 0 radical (unpaired) electrons. The van der Waals surface area contributed by atoms with Gasteiger partial charge in [-0.05, 0) is 61.3 Å². The van der Waals surface area contributed by atoms with Gasteiger partial charge in [0, 0.05) is 5.54 Å². The molecule has 2 heteroatoms. The van der Waals surface area contributed by atoms with Crippen molar-refractivity contribution in [2.75, 3.05) is 7.11 Å². The van der Waals surface area contributed by atoms with Crippen molar-refractivity contribution in [2.45, 2.75) is 56.9 Å². The lowest BCUT2D eigenvalue weighted by Gasteiger charge is -2.31. The van der Waals surface area contributed by atoms with Gasteiger partial charge in [0.15, 0.2) is 0 Å². The monoisotopic (exact) mass is 245 g/mol. The molecule has 0 atom stereocenters. The highest BCUT2D eigenvalue weighted by molar-refractivity contribution is 5.49. The minimum atomic E-state index is -0.0618. The van der Waals surface area contributed by atoms with Gasteiger partial charge in [-0.25, -0.2) is 0 Å². The minimum absolute atomic E-state index is 0.0618. The van der Waals surface area contributed by atoms with E-state index in [2.05, 4.69) is 12.1 Å². The zero-order valence-electron chi connectivity index (χ0n) is 11.3. The number of rotatable bonds is 2. The highest BCUT2D eigenvalue weighted by atomic mass is 16.5. The van der Waals surface area contributed by atoms with Gasteiger partial charge in [0.05, 0.1) is 7.11 Å². The molecular weight excluding hydrogens is 222 g/mol. The van der Waals surface area contributed by atoms with Gasteiger partial charge >= 0.3 is 0 Å². The predicted octanol–water partition coefficient (Wildman–Crippen LogP) is 3.30. The van der Waals surface area contributed by atoms with Crippen LogP contribution in [0.25, 0.3) is 0 Å². The molecule has 98 valence electrons. The molecule has 18 heavy (non-hydrogen) atoms. The maximum atomic E-state index is 6.66. The van der Waals surface area contributed by atoms with Crippen LogP contribution in [0.2, 0.25) is 0 Å². The largest absolute Gasteiger partial charge is 0.496 e. The third-order valence-corrected chi connectivity index (χ3v) is 4.74. The Morgan fingerprint density at radius 1 is 1.00 bits per heavy atom. The Kier molecular flexibility index (Phi) is 3.06. The van der Waals surface area contributed by atoms with Gasteiger partial charge in [0.1, 0.15) is 5.75 Å². The van der Waals surface area contributed by atoms with E-state index in [4.69, 9.17) is 10.5 Å². The Morgan fingerprint density at radius 3 is 2.33 bits per heavy atom. The highest BCUT2D eigenvalue weighted by Crippen LogP contribution is 2.42. The van der Waals surface area contributed by atoms with Crippen LogP contribution in [-0.2, 0) is 18.4 Å². The number of ether oxygens (including phenoxy) is 1. The zero-order chi connectivity index (χ0) is 12.6. The first kappa shape index (κ1) is 12.0. The number of hydrogen-bond acceptors (Lipinski definition) is 2. The van der Waals surface area contributed by atoms with Crippen molar-refractivity contribution in [1.82, 2.24) is 0 Å². The molecule has 0 saturated heterocycles. The summed E-state index contributed by atoms with van der Waals surface area (Å²) < 4.78 is 5.52. The summed E-state index contributed by atoms with van der Waals surface area (Å²) in [5, 5.41) is 0. The van der Waals surface area contributed by atoms with Crippen molar-refractivity contribution in [3.63, 3.8) is 0 Å². The Morgan fingerprint density at radius 2 is 1.67 bits per heavy atom. The lowest BCUT2D eigenvalue weighted by Crippen LogP contribution is -2.35. The van der Waals surface area contributed by atoms with Gasteiger partial charge in [-0.2, -0.15) is 0 Å². The Bertz CT molecular complexity index is 447. The molecule has 2 N–H and O–H groups in total. The second-order valence-electron chi connectivity index (χ2n) is 5.84. The Balaban J connectivity index is 2.10. The summed E-state index contributed by atoms with van der Waals surface area (Å²) in [5.41, 5.74) is 10.9. The summed E-state index contributed by atoms with van der Waals surface area (Å²) in [7, 11) is 1.78. The molecule has 2 aliphatic carbocycles. The van der Waals surface area contributed by atoms with E-state index in [9.17, 15) is 0 Å². The van der Waals surface area contributed by atoms with E-state index in [0.29, 0.717) is 0 Å². The van der Waals surface area contributed by atoms with Gasteiger partial charge < -0.3 is 10.5 Å². The molecule has 2 nitrogen and oxygen atoms in total. The molecule has 1 fully saturated rings. The van der Waals surface area contributed by atoms with E-state index in [1.165, 1.54) is 48.8 Å². The zero-order valence-corrected chi connectivity index (χ0v) is 11.3. The van der Waals surface area contributed by atoms with Crippen molar-refractivity contribution in [3.05, 3.63) is 28.8 Å². The lowest BCUT2D eigenvalue weighted by atomic mass is 9.79. The fourth-order valence-electron chi connectivity index (χ4n) is 3.77. The summed E-state index contributed by atoms with van der Waals surface area (Å²) in [6.45, 7) is 0. The van der Waals surface area contributed by atoms with E-state index in [1.54, 1.807) is 7.11 Å². The molecule has 2 aliphatic rings. The van der Waals surface area contributed by atoms with Crippen LogP contribution in [0.5, 0.6) is 5.75 Å². The van der Waals surface area contributed by atoms with Crippen LogP contribution in [0.15, 0.2) is 12.1 Å². The van der Waals surface area contributed by atoms with Crippen LogP contribution < -0.4 is 10.5 Å². The van der Waals surface area contributed by atoms with Crippen molar-refractivity contribution >= 4 is 0 Å². The van der Waals surface area contributed by atoms with Crippen molar-refractivity contribution in [2.24, 2.45) is 5.73 Å². The molecule has 3 rings (SSSR count). The number of nitrogens with two attached hydrogens (primary N) is 1. The highest BCUT2D eigenvalue weighted by Gasteiger charge is 2.34. The SMILES string of the molecule is COc1ccc(C2(N)CCCC2)c2c1CCCC2. The molecule has 0 heterocycles. The second kappa shape index (κ2) is 4.58. The summed E-state index contributed by atoms with van der Waals surface area (Å²) in [5.74, 6) is 1.06. The van der Waals surface area contributed by atoms with Crippen LogP contribution in [0, 0.1) is 0 Å². The molecule has 0 aliphatic heterocycles. The van der Waals surface area contributed by atoms with Gasteiger partial charge in [-0.3, -0.25) is 0 Å². The standard InChI is InChI=1S/C16H23NO/c1-18-15-9-8-14(16(17)10-4-5-11-16)12-6-2-3-7-13(12)15/h8-9H,2-7,10-11,17H2,1H3. The molecule has 0 spiro atoms. The van der Waals surface area contributed by atoms with Crippen molar-refractivity contribution < 1.29 is 4.74 Å². The topological polar surface area (TPSA) is 35.2 Å². The minimum Gasteiger partial charge on any atom is -0.496 e. The van der Waals surface area contributed by atoms with E-state index in [0.717, 1.165) is 25.0 Å². The van der Waals surface area contributed by atoms with Gasteiger partial charge in [0.25, 0.3) is 0 Å². The number of hydrogen-bond donors (Lipinski definition) is 1. The van der Waals surface area contributed by atoms with Crippen LogP contribution in [0.3, 0.4) is 0 Å². The molecule has 0 bridgehead atoms. The Labute approximate surface area is 110 Å². The molecule has 0 unspecified atom stereocenters. The number of fused-ring (bicyclic) bond motifs is 1. The third-order valence-electron chi connectivity index (χ3n) is 4.74. The smallest absolute Gasteiger partial charge is 0.122 e. The van der Waals surface area contributed by atoms with Gasteiger partial charge in [-0.1, -0.05) is 18.9 Å². The lowest BCUT2D eigenvalue weighted by molar-refractivity contribution is 0.402. The van der Waals surface area contributed by atoms with Crippen LogP contribution >= 0.6 is 0 Å². The van der Waals surface area contributed by atoms with Gasteiger partial charge in [-0.15, -0.1) is 0 Å². The average molecular weight is 245 g/mol. The summed E-state index contributed by atoms with van der Waals surface area (Å²) in [6, 6.07) is 4.36. The first-order valence-electron chi connectivity index (χ1n) is 7.23. The molecule has 1 saturated carbocycles.